The van der Waals surface area contributed by atoms with Crippen molar-refractivity contribution in [2.24, 2.45) is 0 Å². The van der Waals surface area contributed by atoms with E-state index in [1.807, 2.05) is 18.2 Å². The second kappa shape index (κ2) is 6.26. The molecule has 0 bridgehead atoms. The topological polar surface area (TPSA) is 34.4 Å². The zero-order valence-corrected chi connectivity index (χ0v) is 10.9. The molecule has 2 rings (SSSR count). The molecule has 0 radical (unpaired) electrons. The Morgan fingerprint density at radius 3 is 2.56 bits per heavy atom. The number of furan rings is 1. The lowest BCUT2D eigenvalue weighted by atomic mass is 10.1. The van der Waals surface area contributed by atoms with Crippen LogP contribution in [-0.2, 0) is 13.0 Å². The van der Waals surface area contributed by atoms with Crippen molar-refractivity contribution in [1.82, 2.24) is 5.32 Å². The predicted molar refractivity (Wildman–Crippen MR) is 71.8 cm³/mol. The van der Waals surface area contributed by atoms with Gasteiger partial charge >= 0.3 is 0 Å². The zero-order valence-electron chi connectivity index (χ0n) is 10.9. The SMILES string of the molecule is COc1ccc(CCNCc2occc2C)cc1. The number of hydrogen-bond donors (Lipinski definition) is 1. The smallest absolute Gasteiger partial charge is 0.120 e. The van der Waals surface area contributed by atoms with Gasteiger partial charge in [0.25, 0.3) is 0 Å². The molecule has 3 heteroatoms. The minimum absolute atomic E-state index is 0.787. The summed E-state index contributed by atoms with van der Waals surface area (Å²) in [5.74, 6) is 1.92. The summed E-state index contributed by atoms with van der Waals surface area (Å²) in [5, 5.41) is 3.38. The minimum Gasteiger partial charge on any atom is -0.497 e. The molecule has 0 unspecified atom stereocenters. The van der Waals surface area contributed by atoms with Gasteiger partial charge in [-0.1, -0.05) is 12.1 Å². The van der Waals surface area contributed by atoms with E-state index in [0.29, 0.717) is 0 Å². The van der Waals surface area contributed by atoms with Gasteiger partial charge in [-0.3, -0.25) is 0 Å². The fraction of sp³-hybridized carbons (Fsp3) is 0.333. The minimum atomic E-state index is 0.787. The average Bonchev–Trinajstić information content (AvgIpc) is 2.81. The van der Waals surface area contributed by atoms with Gasteiger partial charge in [-0.05, 0) is 49.2 Å². The molecule has 2 aromatic rings. The summed E-state index contributed by atoms with van der Waals surface area (Å²) < 4.78 is 10.5. The number of aryl methyl sites for hydroxylation is 1. The van der Waals surface area contributed by atoms with Gasteiger partial charge in [0.1, 0.15) is 11.5 Å². The van der Waals surface area contributed by atoms with Crippen LogP contribution in [0.25, 0.3) is 0 Å². The van der Waals surface area contributed by atoms with Crippen LogP contribution in [0.4, 0.5) is 0 Å². The first-order valence-electron chi connectivity index (χ1n) is 6.16. The molecule has 0 saturated carbocycles. The monoisotopic (exact) mass is 245 g/mol. The summed E-state index contributed by atoms with van der Waals surface area (Å²) in [7, 11) is 1.68. The van der Waals surface area contributed by atoms with Gasteiger partial charge in [-0.15, -0.1) is 0 Å². The highest BCUT2D eigenvalue weighted by Gasteiger charge is 2.00. The van der Waals surface area contributed by atoms with Crippen molar-refractivity contribution in [1.29, 1.82) is 0 Å². The lowest BCUT2D eigenvalue weighted by molar-refractivity contribution is 0.414. The molecular weight excluding hydrogens is 226 g/mol. The van der Waals surface area contributed by atoms with E-state index < -0.39 is 0 Å². The molecule has 0 spiro atoms. The van der Waals surface area contributed by atoms with Crippen LogP contribution < -0.4 is 10.1 Å². The summed E-state index contributed by atoms with van der Waals surface area (Å²) in [6, 6.07) is 10.2. The van der Waals surface area contributed by atoms with Crippen molar-refractivity contribution in [2.45, 2.75) is 19.9 Å². The van der Waals surface area contributed by atoms with Gasteiger partial charge in [0.15, 0.2) is 0 Å². The number of methoxy groups -OCH3 is 1. The summed E-state index contributed by atoms with van der Waals surface area (Å²) in [5.41, 5.74) is 2.51. The van der Waals surface area contributed by atoms with Gasteiger partial charge in [-0.2, -0.15) is 0 Å². The van der Waals surface area contributed by atoms with E-state index in [4.69, 9.17) is 9.15 Å². The average molecular weight is 245 g/mol. The van der Waals surface area contributed by atoms with E-state index in [1.54, 1.807) is 13.4 Å². The maximum Gasteiger partial charge on any atom is 0.120 e. The van der Waals surface area contributed by atoms with Gasteiger partial charge in [0, 0.05) is 0 Å². The molecule has 0 fully saturated rings. The Kier molecular flexibility index (Phi) is 4.42. The van der Waals surface area contributed by atoms with E-state index in [9.17, 15) is 0 Å². The Morgan fingerprint density at radius 2 is 1.94 bits per heavy atom. The number of ether oxygens (including phenoxy) is 1. The lowest BCUT2D eigenvalue weighted by Crippen LogP contribution is -2.16. The lowest BCUT2D eigenvalue weighted by Gasteiger charge is -2.05. The molecule has 0 aliphatic rings. The molecule has 1 aromatic carbocycles. The molecule has 1 N–H and O–H groups in total. The fourth-order valence-corrected chi connectivity index (χ4v) is 1.81. The molecule has 1 aromatic heterocycles. The first-order valence-corrected chi connectivity index (χ1v) is 6.16. The highest BCUT2D eigenvalue weighted by molar-refractivity contribution is 5.27. The van der Waals surface area contributed by atoms with Gasteiger partial charge in [-0.25, -0.2) is 0 Å². The zero-order chi connectivity index (χ0) is 12.8. The second-order valence-corrected chi connectivity index (χ2v) is 4.30. The number of nitrogens with one attached hydrogen (secondary N) is 1. The van der Waals surface area contributed by atoms with Gasteiger partial charge < -0.3 is 14.5 Å². The van der Waals surface area contributed by atoms with E-state index in [2.05, 4.69) is 24.4 Å². The maximum atomic E-state index is 5.37. The van der Waals surface area contributed by atoms with E-state index in [0.717, 1.165) is 31.0 Å². The number of hydrogen-bond acceptors (Lipinski definition) is 3. The third-order valence-corrected chi connectivity index (χ3v) is 3.00. The molecule has 0 atom stereocenters. The standard InChI is InChI=1S/C15H19NO2/c1-12-8-10-18-15(12)11-16-9-7-13-3-5-14(17-2)6-4-13/h3-6,8,10,16H,7,9,11H2,1-2H3. The van der Waals surface area contributed by atoms with Crippen LogP contribution in [0.5, 0.6) is 5.75 Å². The molecule has 1 heterocycles. The van der Waals surface area contributed by atoms with E-state index in [1.165, 1.54) is 11.1 Å². The number of benzene rings is 1. The normalized spacial score (nSPS) is 10.6. The maximum absolute atomic E-state index is 5.37. The first kappa shape index (κ1) is 12.7. The molecule has 18 heavy (non-hydrogen) atoms. The summed E-state index contributed by atoms with van der Waals surface area (Å²) in [6.07, 6.45) is 2.74. The van der Waals surface area contributed by atoms with Crippen LogP contribution in [0.3, 0.4) is 0 Å². The van der Waals surface area contributed by atoms with Crippen molar-refractivity contribution < 1.29 is 9.15 Å². The van der Waals surface area contributed by atoms with Gasteiger partial charge in [0.05, 0.1) is 19.9 Å². The Morgan fingerprint density at radius 1 is 1.17 bits per heavy atom. The van der Waals surface area contributed by atoms with Gasteiger partial charge in [0.2, 0.25) is 0 Å². The van der Waals surface area contributed by atoms with Crippen molar-refractivity contribution in [2.75, 3.05) is 13.7 Å². The summed E-state index contributed by atoms with van der Waals surface area (Å²) >= 11 is 0. The largest absolute Gasteiger partial charge is 0.497 e. The third-order valence-electron chi connectivity index (χ3n) is 3.00. The quantitative estimate of drug-likeness (QED) is 0.795. The molecule has 0 saturated heterocycles. The van der Waals surface area contributed by atoms with Crippen LogP contribution in [-0.4, -0.2) is 13.7 Å². The van der Waals surface area contributed by atoms with Crippen molar-refractivity contribution in [3.8, 4) is 5.75 Å². The van der Waals surface area contributed by atoms with Crippen LogP contribution in [0, 0.1) is 6.92 Å². The summed E-state index contributed by atoms with van der Waals surface area (Å²) in [4.78, 5) is 0. The third kappa shape index (κ3) is 3.37. The molecule has 3 nitrogen and oxygen atoms in total. The van der Waals surface area contributed by atoms with E-state index in [-0.39, 0.29) is 0 Å². The van der Waals surface area contributed by atoms with Crippen LogP contribution >= 0.6 is 0 Å². The molecule has 0 amide bonds. The Labute approximate surface area is 108 Å². The highest BCUT2D eigenvalue weighted by Crippen LogP contribution is 2.11. The van der Waals surface area contributed by atoms with Crippen molar-refractivity contribution >= 4 is 0 Å². The Hall–Kier alpha value is -1.74. The predicted octanol–water partition coefficient (Wildman–Crippen LogP) is 2.93. The van der Waals surface area contributed by atoms with Crippen molar-refractivity contribution in [3.63, 3.8) is 0 Å². The molecule has 0 aliphatic heterocycles. The van der Waals surface area contributed by atoms with E-state index >= 15 is 0 Å². The molecular formula is C15H19NO2. The summed E-state index contributed by atoms with van der Waals surface area (Å²) in [6.45, 7) is 3.78. The van der Waals surface area contributed by atoms with Crippen LogP contribution in [0.2, 0.25) is 0 Å². The fourth-order valence-electron chi connectivity index (χ4n) is 1.81. The number of rotatable bonds is 6. The molecule has 0 aliphatic carbocycles. The Bertz CT molecular complexity index is 473. The van der Waals surface area contributed by atoms with Crippen LogP contribution in [0.15, 0.2) is 41.0 Å². The molecule has 96 valence electrons. The van der Waals surface area contributed by atoms with Crippen molar-refractivity contribution in [3.05, 3.63) is 53.5 Å². The second-order valence-electron chi connectivity index (χ2n) is 4.30. The van der Waals surface area contributed by atoms with Crippen LogP contribution in [0.1, 0.15) is 16.9 Å². The highest BCUT2D eigenvalue weighted by atomic mass is 16.5. The Balaban J connectivity index is 1.73. The first-order chi connectivity index (χ1) is 8.79.